The van der Waals surface area contributed by atoms with Crippen LogP contribution in [0.15, 0.2) is 18.2 Å². The van der Waals surface area contributed by atoms with E-state index in [9.17, 15) is 9.59 Å². The number of amides is 2. The molecule has 19 heavy (non-hydrogen) atoms. The van der Waals surface area contributed by atoms with Gasteiger partial charge in [0.05, 0.1) is 6.54 Å². The summed E-state index contributed by atoms with van der Waals surface area (Å²) in [6, 6.07) is 5.94. The second kappa shape index (κ2) is 4.57. The first-order valence-corrected chi connectivity index (χ1v) is 6.56. The molecular weight excluding hydrogens is 242 g/mol. The topological polar surface area (TPSA) is 52.7 Å². The fraction of sp³-hybridized carbons (Fsp3) is 0.429. The van der Waals surface area contributed by atoms with Crippen molar-refractivity contribution < 1.29 is 9.59 Å². The highest BCUT2D eigenvalue weighted by Crippen LogP contribution is 2.27. The molecule has 2 heterocycles. The van der Waals surface area contributed by atoms with Crippen LogP contribution in [0.2, 0.25) is 0 Å². The Hall–Kier alpha value is -2.04. The Balaban J connectivity index is 1.89. The lowest BCUT2D eigenvalue weighted by molar-refractivity contribution is -0.136. The van der Waals surface area contributed by atoms with E-state index in [1.54, 1.807) is 11.9 Å². The molecule has 0 bridgehead atoms. The lowest BCUT2D eigenvalue weighted by Crippen LogP contribution is -2.52. The monoisotopic (exact) mass is 259 g/mol. The van der Waals surface area contributed by atoms with Gasteiger partial charge in [-0.2, -0.15) is 0 Å². The molecule has 0 aromatic heterocycles. The molecular formula is C14H17N3O2. The highest BCUT2D eigenvalue weighted by molar-refractivity contribution is 6.04. The summed E-state index contributed by atoms with van der Waals surface area (Å²) in [5.74, 6) is -0.0405. The van der Waals surface area contributed by atoms with Crippen LogP contribution in [0, 0.1) is 0 Å². The molecule has 0 radical (unpaired) electrons. The fourth-order valence-corrected chi connectivity index (χ4v) is 2.59. The summed E-state index contributed by atoms with van der Waals surface area (Å²) < 4.78 is 0. The van der Waals surface area contributed by atoms with Gasteiger partial charge < -0.3 is 15.1 Å². The minimum atomic E-state index is -0.0224. The highest BCUT2D eigenvalue weighted by atomic mass is 16.2. The number of nitrogens with zero attached hydrogens (tertiary/aromatic N) is 2. The number of rotatable bonds is 1. The molecule has 1 N–H and O–H groups in total. The van der Waals surface area contributed by atoms with Gasteiger partial charge >= 0.3 is 0 Å². The molecule has 3 rings (SSSR count). The SMILES string of the molecule is CN1CC(=O)N(c2ccc3c(c2)CCCN3)CC1=O. The van der Waals surface area contributed by atoms with Crippen LogP contribution in [0.3, 0.4) is 0 Å². The van der Waals surface area contributed by atoms with Gasteiger partial charge in [-0.25, -0.2) is 0 Å². The summed E-state index contributed by atoms with van der Waals surface area (Å²) in [4.78, 5) is 26.8. The van der Waals surface area contributed by atoms with E-state index in [2.05, 4.69) is 5.32 Å². The van der Waals surface area contributed by atoms with Crippen LogP contribution in [-0.2, 0) is 16.0 Å². The van der Waals surface area contributed by atoms with Crippen molar-refractivity contribution in [2.75, 3.05) is 36.9 Å². The van der Waals surface area contributed by atoms with Crippen molar-refractivity contribution in [2.24, 2.45) is 0 Å². The van der Waals surface area contributed by atoms with E-state index < -0.39 is 0 Å². The minimum absolute atomic E-state index is 0.0181. The van der Waals surface area contributed by atoms with Crippen molar-refractivity contribution in [3.8, 4) is 0 Å². The molecule has 2 aliphatic rings. The number of likely N-dealkylation sites (N-methyl/N-ethyl adjacent to an activating group) is 1. The second-order valence-corrected chi connectivity index (χ2v) is 5.10. The molecule has 1 fully saturated rings. The average molecular weight is 259 g/mol. The third-order valence-electron chi connectivity index (χ3n) is 3.73. The smallest absolute Gasteiger partial charge is 0.247 e. The molecule has 0 spiro atoms. The zero-order valence-corrected chi connectivity index (χ0v) is 11.0. The van der Waals surface area contributed by atoms with E-state index in [1.165, 1.54) is 10.5 Å². The third kappa shape index (κ3) is 2.16. The summed E-state index contributed by atoms with van der Waals surface area (Å²) in [6.45, 7) is 1.30. The number of anilines is 2. The lowest BCUT2D eigenvalue weighted by atomic mass is 10.0. The molecule has 100 valence electrons. The Bertz CT molecular complexity index is 541. The van der Waals surface area contributed by atoms with E-state index in [1.807, 2.05) is 18.2 Å². The van der Waals surface area contributed by atoms with E-state index in [4.69, 9.17) is 0 Å². The Morgan fingerprint density at radius 3 is 2.84 bits per heavy atom. The van der Waals surface area contributed by atoms with Gasteiger partial charge in [0.1, 0.15) is 6.54 Å². The van der Waals surface area contributed by atoms with Crippen molar-refractivity contribution >= 4 is 23.2 Å². The van der Waals surface area contributed by atoms with Crippen molar-refractivity contribution in [2.45, 2.75) is 12.8 Å². The van der Waals surface area contributed by atoms with Crippen molar-refractivity contribution in [1.82, 2.24) is 4.90 Å². The van der Waals surface area contributed by atoms with Crippen molar-refractivity contribution in [3.63, 3.8) is 0 Å². The first-order chi connectivity index (χ1) is 9.15. The molecule has 2 amide bonds. The van der Waals surface area contributed by atoms with Crippen LogP contribution in [0.5, 0.6) is 0 Å². The molecule has 1 aromatic carbocycles. The third-order valence-corrected chi connectivity index (χ3v) is 3.73. The summed E-state index contributed by atoms with van der Waals surface area (Å²) >= 11 is 0. The van der Waals surface area contributed by atoms with Crippen LogP contribution in [0.1, 0.15) is 12.0 Å². The molecule has 1 saturated heterocycles. The van der Waals surface area contributed by atoms with E-state index in [0.29, 0.717) is 0 Å². The number of hydrogen-bond donors (Lipinski definition) is 1. The maximum absolute atomic E-state index is 12.0. The van der Waals surface area contributed by atoms with Crippen molar-refractivity contribution in [1.29, 1.82) is 0 Å². The number of piperazine rings is 1. The zero-order chi connectivity index (χ0) is 13.4. The van der Waals surface area contributed by atoms with Gasteiger partial charge in [-0.05, 0) is 36.6 Å². The number of hydrogen-bond acceptors (Lipinski definition) is 3. The van der Waals surface area contributed by atoms with Gasteiger partial charge in [-0.1, -0.05) is 0 Å². The first kappa shape index (κ1) is 12.0. The average Bonchev–Trinajstić information content (AvgIpc) is 2.42. The largest absolute Gasteiger partial charge is 0.385 e. The zero-order valence-electron chi connectivity index (χ0n) is 11.0. The van der Waals surface area contributed by atoms with Crippen molar-refractivity contribution in [3.05, 3.63) is 23.8 Å². The highest BCUT2D eigenvalue weighted by Gasteiger charge is 2.28. The number of aryl methyl sites for hydroxylation is 1. The Morgan fingerprint density at radius 2 is 2.00 bits per heavy atom. The summed E-state index contributed by atoms with van der Waals surface area (Å²) in [5, 5.41) is 3.34. The Labute approximate surface area is 112 Å². The number of fused-ring (bicyclic) bond motifs is 1. The van der Waals surface area contributed by atoms with Gasteiger partial charge in [0.25, 0.3) is 0 Å². The molecule has 0 aliphatic carbocycles. The van der Waals surface area contributed by atoms with Gasteiger partial charge in [-0.3, -0.25) is 9.59 Å². The quantitative estimate of drug-likeness (QED) is 0.813. The Kier molecular flexibility index (Phi) is 2.89. The van der Waals surface area contributed by atoms with E-state index in [0.717, 1.165) is 30.8 Å². The summed E-state index contributed by atoms with van der Waals surface area (Å²) in [5.41, 5.74) is 3.19. The number of nitrogens with one attached hydrogen (secondary N) is 1. The minimum Gasteiger partial charge on any atom is -0.385 e. The van der Waals surface area contributed by atoms with Crippen LogP contribution in [0.4, 0.5) is 11.4 Å². The molecule has 1 aromatic rings. The lowest BCUT2D eigenvalue weighted by Gasteiger charge is -2.32. The molecule has 5 nitrogen and oxygen atoms in total. The van der Waals surface area contributed by atoms with Crippen LogP contribution in [0.25, 0.3) is 0 Å². The first-order valence-electron chi connectivity index (χ1n) is 6.56. The standard InChI is InChI=1S/C14H17N3O2/c1-16-8-14(19)17(9-13(16)18)11-4-5-12-10(7-11)3-2-6-15-12/h4-5,7,15H,2-3,6,8-9H2,1H3. The number of benzene rings is 1. The van der Waals surface area contributed by atoms with E-state index >= 15 is 0 Å². The molecule has 2 aliphatic heterocycles. The predicted octanol–water partition coefficient (Wildman–Crippen LogP) is 0.850. The van der Waals surface area contributed by atoms with Crippen LogP contribution >= 0.6 is 0 Å². The van der Waals surface area contributed by atoms with E-state index in [-0.39, 0.29) is 24.9 Å². The number of carbonyl (C=O) groups excluding carboxylic acids is 2. The predicted molar refractivity (Wildman–Crippen MR) is 73.2 cm³/mol. The molecule has 0 atom stereocenters. The maximum atomic E-state index is 12.0. The molecule has 0 unspecified atom stereocenters. The molecule has 5 heteroatoms. The van der Waals surface area contributed by atoms with Gasteiger partial charge in [0, 0.05) is 25.0 Å². The van der Waals surface area contributed by atoms with Crippen LogP contribution in [-0.4, -0.2) is 43.4 Å². The van der Waals surface area contributed by atoms with Gasteiger partial charge in [-0.15, -0.1) is 0 Å². The van der Waals surface area contributed by atoms with Crippen LogP contribution < -0.4 is 10.2 Å². The number of carbonyl (C=O) groups is 2. The summed E-state index contributed by atoms with van der Waals surface area (Å²) in [7, 11) is 1.66. The van der Waals surface area contributed by atoms with Gasteiger partial charge in [0.15, 0.2) is 0 Å². The van der Waals surface area contributed by atoms with Gasteiger partial charge in [0.2, 0.25) is 11.8 Å². The summed E-state index contributed by atoms with van der Waals surface area (Å²) in [6.07, 6.45) is 2.12. The fourth-order valence-electron chi connectivity index (χ4n) is 2.59. The Morgan fingerprint density at radius 1 is 1.16 bits per heavy atom. The molecule has 0 saturated carbocycles. The maximum Gasteiger partial charge on any atom is 0.247 e. The second-order valence-electron chi connectivity index (χ2n) is 5.10. The normalized spacial score (nSPS) is 19.2.